The van der Waals surface area contributed by atoms with Crippen LogP contribution in [0.25, 0.3) is 0 Å². The van der Waals surface area contributed by atoms with Gasteiger partial charge in [-0.3, -0.25) is 9.69 Å². The van der Waals surface area contributed by atoms with Crippen LogP contribution in [0.15, 0.2) is 6.20 Å². The third kappa shape index (κ3) is 3.48. The van der Waals surface area contributed by atoms with Crippen LogP contribution in [0.4, 0.5) is 0 Å². The van der Waals surface area contributed by atoms with Gasteiger partial charge in [-0.1, -0.05) is 24.5 Å². The van der Waals surface area contributed by atoms with Crippen LogP contribution >= 0.6 is 0 Å². The highest BCUT2D eigenvalue weighted by molar-refractivity contribution is 5.74. The summed E-state index contributed by atoms with van der Waals surface area (Å²) in [4.78, 5) is 16.7. The van der Waals surface area contributed by atoms with Gasteiger partial charge in [-0.25, -0.2) is 4.68 Å². The summed E-state index contributed by atoms with van der Waals surface area (Å²) in [5.74, 6) is 0.232. The van der Waals surface area contributed by atoms with Gasteiger partial charge in [-0.2, -0.15) is 0 Å². The fraction of sp³-hybridized carbons (Fsp3) is 0.833. The molecular weight excluding hydrogens is 302 g/mol. The molecule has 1 aliphatic carbocycles. The molecule has 1 amide bonds. The van der Waals surface area contributed by atoms with Crippen LogP contribution in [-0.2, 0) is 16.9 Å². The van der Waals surface area contributed by atoms with E-state index in [1.165, 1.54) is 19.3 Å². The van der Waals surface area contributed by atoms with Crippen molar-refractivity contribution in [2.24, 2.45) is 0 Å². The van der Waals surface area contributed by atoms with Crippen LogP contribution < -0.4 is 0 Å². The minimum atomic E-state index is -0.0385. The van der Waals surface area contributed by atoms with Crippen LogP contribution in [0, 0.1) is 0 Å². The van der Waals surface area contributed by atoms with E-state index in [1.807, 2.05) is 4.68 Å². The van der Waals surface area contributed by atoms with Crippen molar-refractivity contribution in [2.45, 2.75) is 77.4 Å². The summed E-state index contributed by atoms with van der Waals surface area (Å²) < 4.78 is 1.94. The van der Waals surface area contributed by atoms with E-state index in [4.69, 9.17) is 0 Å². The number of amides is 1. The molecule has 2 aliphatic rings. The summed E-state index contributed by atoms with van der Waals surface area (Å²) in [6.45, 7) is 11.7. The highest BCUT2D eigenvalue weighted by Gasteiger charge is 2.43. The fourth-order valence-corrected chi connectivity index (χ4v) is 4.25. The van der Waals surface area contributed by atoms with Gasteiger partial charge in [0.1, 0.15) is 0 Å². The number of carbonyl (C=O) groups excluding carboxylic acids is 1. The van der Waals surface area contributed by atoms with E-state index in [1.54, 1.807) is 6.92 Å². The molecule has 1 spiro atoms. The van der Waals surface area contributed by atoms with E-state index in [9.17, 15) is 4.79 Å². The van der Waals surface area contributed by atoms with E-state index in [0.717, 1.165) is 44.7 Å². The van der Waals surface area contributed by atoms with Gasteiger partial charge in [0.25, 0.3) is 0 Å². The molecule has 1 saturated heterocycles. The molecule has 24 heavy (non-hydrogen) atoms. The number of piperazine rings is 1. The average molecular weight is 333 g/mol. The SMILES string of the molecule is CC(=O)N1CCN(Cc2cn(C(C)(C)C)nn2)CC12CCCCC2. The van der Waals surface area contributed by atoms with Crippen molar-refractivity contribution in [3.8, 4) is 0 Å². The Morgan fingerprint density at radius 2 is 1.92 bits per heavy atom. The predicted molar refractivity (Wildman–Crippen MR) is 93.5 cm³/mol. The summed E-state index contributed by atoms with van der Waals surface area (Å²) >= 11 is 0. The lowest BCUT2D eigenvalue weighted by Gasteiger charge is -2.52. The summed E-state index contributed by atoms with van der Waals surface area (Å²) in [6, 6.07) is 0. The van der Waals surface area contributed by atoms with Gasteiger partial charge in [0, 0.05) is 33.1 Å². The number of rotatable bonds is 2. The summed E-state index contributed by atoms with van der Waals surface area (Å²) in [5, 5.41) is 8.63. The predicted octanol–water partition coefficient (Wildman–Crippen LogP) is 2.40. The highest BCUT2D eigenvalue weighted by Crippen LogP contribution is 2.37. The third-order valence-electron chi connectivity index (χ3n) is 5.51. The van der Waals surface area contributed by atoms with Crippen molar-refractivity contribution in [1.82, 2.24) is 24.8 Å². The Hall–Kier alpha value is -1.43. The molecule has 6 heteroatoms. The maximum atomic E-state index is 12.1. The Morgan fingerprint density at radius 3 is 2.50 bits per heavy atom. The van der Waals surface area contributed by atoms with Gasteiger partial charge in [0.15, 0.2) is 0 Å². The quantitative estimate of drug-likeness (QED) is 0.834. The molecule has 134 valence electrons. The molecule has 6 nitrogen and oxygen atoms in total. The molecule has 0 atom stereocenters. The molecule has 2 fully saturated rings. The molecule has 1 aromatic heterocycles. The van der Waals surface area contributed by atoms with E-state index in [2.05, 4.69) is 47.1 Å². The molecule has 1 aromatic rings. The van der Waals surface area contributed by atoms with Crippen molar-refractivity contribution in [1.29, 1.82) is 0 Å². The minimum Gasteiger partial charge on any atom is -0.335 e. The van der Waals surface area contributed by atoms with E-state index in [0.29, 0.717) is 0 Å². The van der Waals surface area contributed by atoms with E-state index < -0.39 is 0 Å². The average Bonchev–Trinajstić information content (AvgIpc) is 2.96. The number of nitrogens with zero attached hydrogens (tertiary/aromatic N) is 5. The van der Waals surface area contributed by atoms with Crippen LogP contribution in [0.2, 0.25) is 0 Å². The number of aromatic nitrogens is 3. The second-order valence-electron chi connectivity index (χ2n) is 8.49. The zero-order valence-corrected chi connectivity index (χ0v) is 15.6. The van der Waals surface area contributed by atoms with Gasteiger partial charge >= 0.3 is 0 Å². The molecule has 3 rings (SSSR count). The Kier molecular flexibility index (Phi) is 4.69. The van der Waals surface area contributed by atoms with Crippen LogP contribution in [0.5, 0.6) is 0 Å². The van der Waals surface area contributed by atoms with Gasteiger partial charge in [0.05, 0.1) is 23.0 Å². The first-order valence-corrected chi connectivity index (χ1v) is 9.22. The number of hydrogen-bond donors (Lipinski definition) is 0. The lowest BCUT2D eigenvalue weighted by atomic mass is 9.78. The first-order chi connectivity index (χ1) is 11.3. The zero-order chi connectivity index (χ0) is 17.4. The third-order valence-corrected chi connectivity index (χ3v) is 5.51. The van der Waals surface area contributed by atoms with Crippen LogP contribution in [0.1, 0.15) is 65.5 Å². The largest absolute Gasteiger partial charge is 0.335 e. The number of carbonyl (C=O) groups is 1. The second-order valence-corrected chi connectivity index (χ2v) is 8.49. The van der Waals surface area contributed by atoms with Gasteiger partial charge < -0.3 is 4.90 Å². The Balaban J connectivity index is 1.71. The van der Waals surface area contributed by atoms with Crippen molar-refractivity contribution < 1.29 is 4.79 Å². The van der Waals surface area contributed by atoms with Gasteiger partial charge in [0.2, 0.25) is 5.91 Å². The Bertz CT molecular complexity index is 582. The molecule has 0 radical (unpaired) electrons. The maximum Gasteiger partial charge on any atom is 0.219 e. The lowest BCUT2D eigenvalue weighted by molar-refractivity contribution is -0.142. The molecule has 1 aliphatic heterocycles. The maximum absolute atomic E-state index is 12.1. The number of hydrogen-bond acceptors (Lipinski definition) is 4. The summed E-state index contributed by atoms with van der Waals surface area (Å²) in [5.41, 5.74) is 1.03. The first-order valence-electron chi connectivity index (χ1n) is 9.22. The standard InChI is InChI=1S/C18H31N5O/c1-15(24)22-11-10-21(14-18(22)8-6-5-7-9-18)12-16-13-23(20-19-16)17(2,3)4/h13H,5-12,14H2,1-4H3. The van der Waals surface area contributed by atoms with E-state index in [-0.39, 0.29) is 17.0 Å². The van der Waals surface area contributed by atoms with Crippen molar-refractivity contribution in [2.75, 3.05) is 19.6 Å². The smallest absolute Gasteiger partial charge is 0.219 e. The molecule has 1 saturated carbocycles. The van der Waals surface area contributed by atoms with Gasteiger partial charge in [-0.15, -0.1) is 5.10 Å². The summed E-state index contributed by atoms with van der Waals surface area (Å²) in [7, 11) is 0. The van der Waals surface area contributed by atoms with Gasteiger partial charge in [-0.05, 0) is 33.6 Å². The highest BCUT2D eigenvalue weighted by atomic mass is 16.2. The molecule has 0 aromatic carbocycles. The monoisotopic (exact) mass is 333 g/mol. The molecule has 0 N–H and O–H groups in total. The molecule has 2 heterocycles. The molecule has 0 bridgehead atoms. The molecular formula is C18H31N5O. The fourth-order valence-electron chi connectivity index (χ4n) is 4.25. The van der Waals surface area contributed by atoms with E-state index >= 15 is 0 Å². The molecule has 0 unspecified atom stereocenters. The Morgan fingerprint density at radius 1 is 1.21 bits per heavy atom. The normalized spacial score (nSPS) is 22.1. The van der Waals surface area contributed by atoms with Crippen molar-refractivity contribution in [3.63, 3.8) is 0 Å². The second kappa shape index (κ2) is 6.47. The zero-order valence-electron chi connectivity index (χ0n) is 15.6. The Labute approximate surface area is 145 Å². The van der Waals surface area contributed by atoms with Crippen LogP contribution in [-0.4, -0.2) is 55.9 Å². The first kappa shape index (κ1) is 17.4. The topological polar surface area (TPSA) is 54.3 Å². The van der Waals surface area contributed by atoms with Crippen molar-refractivity contribution in [3.05, 3.63) is 11.9 Å². The minimum absolute atomic E-state index is 0.0385. The lowest BCUT2D eigenvalue weighted by Crippen LogP contribution is -2.63. The van der Waals surface area contributed by atoms with Crippen LogP contribution in [0.3, 0.4) is 0 Å². The summed E-state index contributed by atoms with van der Waals surface area (Å²) in [6.07, 6.45) is 8.10. The van der Waals surface area contributed by atoms with Crippen molar-refractivity contribution >= 4 is 5.91 Å².